The SMILES string of the molecule is Cc1ccc(-c2nc(NC(=O)C3CC3)sc2N)cc1C. The molecule has 0 unspecified atom stereocenters. The van der Waals surface area contributed by atoms with Crippen molar-refractivity contribution in [3.05, 3.63) is 29.3 Å². The van der Waals surface area contributed by atoms with E-state index in [2.05, 4.69) is 36.3 Å². The lowest BCUT2D eigenvalue weighted by atomic mass is 10.0. The van der Waals surface area contributed by atoms with Crippen LogP contribution in [0.1, 0.15) is 24.0 Å². The van der Waals surface area contributed by atoms with Crippen LogP contribution in [0, 0.1) is 19.8 Å². The molecule has 2 aromatic rings. The molecule has 1 saturated carbocycles. The van der Waals surface area contributed by atoms with Gasteiger partial charge in [0.2, 0.25) is 5.91 Å². The highest BCUT2D eigenvalue weighted by Crippen LogP contribution is 2.36. The summed E-state index contributed by atoms with van der Waals surface area (Å²) in [6, 6.07) is 6.15. The smallest absolute Gasteiger partial charge is 0.229 e. The Morgan fingerprint density at radius 2 is 2.10 bits per heavy atom. The Bertz CT molecular complexity index is 674. The number of aromatic nitrogens is 1. The van der Waals surface area contributed by atoms with Crippen molar-refractivity contribution in [1.29, 1.82) is 0 Å². The zero-order valence-electron chi connectivity index (χ0n) is 11.6. The van der Waals surface area contributed by atoms with Crippen molar-refractivity contribution in [1.82, 2.24) is 4.98 Å². The molecule has 1 aliphatic rings. The second kappa shape index (κ2) is 4.90. The average molecular weight is 287 g/mol. The van der Waals surface area contributed by atoms with Crippen LogP contribution >= 0.6 is 11.3 Å². The van der Waals surface area contributed by atoms with E-state index in [1.54, 1.807) is 0 Å². The topological polar surface area (TPSA) is 68.0 Å². The number of carbonyl (C=O) groups excluding carboxylic acids is 1. The monoisotopic (exact) mass is 287 g/mol. The van der Waals surface area contributed by atoms with E-state index in [9.17, 15) is 4.79 Å². The summed E-state index contributed by atoms with van der Waals surface area (Å²) in [5.41, 5.74) is 10.2. The van der Waals surface area contributed by atoms with Gasteiger partial charge in [-0.25, -0.2) is 4.98 Å². The summed E-state index contributed by atoms with van der Waals surface area (Å²) in [5.74, 6) is 0.232. The van der Waals surface area contributed by atoms with Crippen LogP contribution < -0.4 is 11.1 Å². The molecular weight excluding hydrogens is 270 g/mol. The van der Waals surface area contributed by atoms with Crippen molar-refractivity contribution >= 4 is 27.4 Å². The molecule has 1 aromatic heterocycles. The molecule has 5 heteroatoms. The lowest BCUT2D eigenvalue weighted by molar-refractivity contribution is -0.117. The Hall–Kier alpha value is -1.88. The molecule has 104 valence electrons. The fourth-order valence-corrected chi connectivity index (χ4v) is 2.79. The van der Waals surface area contributed by atoms with Crippen LogP contribution in [0.4, 0.5) is 10.1 Å². The first kappa shape index (κ1) is 13.1. The zero-order chi connectivity index (χ0) is 14.3. The van der Waals surface area contributed by atoms with E-state index in [0.717, 1.165) is 24.1 Å². The number of carbonyl (C=O) groups is 1. The third-order valence-corrected chi connectivity index (χ3v) is 4.41. The van der Waals surface area contributed by atoms with Crippen LogP contribution in [-0.4, -0.2) is 10.9 Å². The number of amides is 1. The molecule has 0 aliphatic heterocycles. The molecule has 1 heterocycles. The first-order valence-corrected chi connectivity index (χ1v) is 7.51. The molecule has 0 radical (unpaired) electrons. The highest BCUT2D eigenvalue weighted by atomic mass is 32.1. The molecule has 0 atom stereocenters. The number of aryl methyl sites for hydroxylation is 2. The van der Waals surface area contributed by atoms with Gasteiger partial charge < -0.3 is 11.1 Å². The molecule has 1 fully saturated rings. The number of nitrogens with two attached hydrogens (primary N) is 1. The molecule has 1 aromatic carbocycles. The molecule has 4 nitrogen and oxygen atoms in total. The number of anilines is 2. The Kier molecular flexibility index (Phi) is 3.22. The van der Waals surface area contributed by atoms with Gasteiger partial charge in [-0.3, -0.25) is 4.79 Å². The van der Waals surface area contributed by atoms with Crippen molar-refractivity contribution in [3.63, 3.8) is 0 Å². The maximum absolute atomic E-state index is 11.7. The number of nitrogen functional groups attached to an aromatic ring is 1. The summed E-state index contributed by atoms with van der Waals surface area (Å²) in [7, 11) is 0. The van der Waals surface area contributed by atoms with Crippen LogP contribution in [0.5, 0.6) is 0 Å². The minimum atomic E-state index is 0.0605. The fourth-order valence-electron chi connectivity index (χ4n) is 2.03. The molecule has 3 N–H and O–H groups in total. The summed E-state index contributed by atoms with van der Waals surface area (Å²) >= 11 is 1.33. The third kappa shape index (κ3) is 2.54. The van der Waals surface area contributed by atoms with Gasteiger partial charge in [-0.05, 0) is 43.9 Å². The first-order valence-electron chi connectivity index (χ1n) is 6.69. The van der Waals surface area contributed by atoms with E-state index in [0.29, 0.717) is 10.1 Å². The van der Waals surface area contributed by atoms with Crippen LogP contribution in [-0.2, 0) is 4.79 Å². The van der Waals surface area contributed by atoms with E-state index in [-0.39, 0.29) is 11.8 Å². The summed E-state index contributed by atoms with van der Waals surface area (Å²) < 4.78 is 0. The molecule has 0 saturated heterocycles. The average Bonchev–Trinajstić information content (AvgIpc) is 3.18. The predicted octanol–water partition coefficient (Wildman–Crippen LogP) is 3.36. The van der Waals surface area contributed by atoms with Gasteiger partial charge in [0.1, 0.15) is 10.7 Å². The van der Waals surface area contributed by atoms with E-state index < -0.39 is 0 Å². The van der Waals surface area contributed by atoms with Gasteiger partial charge in [-0.1, -0.05) is 23.5 Å². The number of nitrogens with one attached hydrogen (secondary N) is 1. The Labute approximate surface area is 122 Å². The lowest BCUT2D eigenvalue weighted by Gasteiger charge is -2.03. The Morgan fingerprint density at radius 3 is 2.75 bits per heavy atom. The number of benzene rings is 1. The van der Waals surface area contributed by atoms with Gasteiger partial charge in [0.25, 0.3) is 0 Å². The molecule has 0 bridgehead atoms. The molecule has 1 aliphatic carbocycles. The van der Waals surface area contributed by atoms with Crippen molar-refractivity contribution in [3.8, 4) is 11.3 Å². The summed E-state index contributed by atoms with van der Waals surface area (Å²) in [4.78, 5) is 16.2. The molecule has 3 rings (SSSR count). The number of nitrogens with zero attached hydrogens (tertiary/aromatic N) is 1. The van der Waals surface area contributed by atoms with Gasteiger partial charge in [0, 0.05) is 11.5 Å². The van der Waals surface area contributed by atoms with Crippen LogP contribution in [0.25, 0.3) is 11.3 Å². The highest BCUT2D eigenvalue weighted by molar-refractivity contribution is 7.20. The van der Waals surface area contributed by atoms with Crippen molar-refractivity contribution < 1.29 is 4.79 Å². The second-order valence-corrected chi connectivity index (χ2v) is 6.33. The number of hydrogen-bond donors (Lipinski definition) is 2. The molecular formula is C15H17N3OS. The molecule has 1 amide bonds. The first-order chi connectivity index (χ1) is 9.54. The Morgan fingerprint density at radius 1 is 1.35 bits per heavy atom. The summed E-state index contributed by atoms with van der Waals surface area (Å²) in [6.45, 7) is 4.14. The van der Waals surface area contributed by atoms with Gasteiger partial charge in [0.05, 0.1) is 0 Å². The van der Waals surface area contributed by atoms with Crippen molar-refractivity contribution in [2.75, 3.05) is 11.1 Å². The Balaban J connectivity index is 1.87. The van der Waals surface area contributed by atoms with Gasteiger partial charge in [0.15, 0.2) is 5.13 Å². The predicted molar refractivity (Wildman–Crippen MR) is 82.8 cm³/mol. The summed E-state index contributed by atoms with van der Waals surface area (Å²) in [5, 5.41) is 4.08. The van der Waals surface area contributed by atoms with Crippen LogP contribution in [0.2, 0.25) is 0 Å². The molecule has 20 heavy (non-hydrogen) atoms. The fraction of sp³-hybridized carbons (Fsp3) is 0.333. The maximum atomic E-state index is 11.7. The van der Waals surface area contributed by atoms with Crippen molar-refractivity contribution in [2.24, 2.45) is 5.92 Å². The number of thiazole rings is 1. The minimum Gasteiger partial charge on any atom is -0.389 e. The second-order valence-electron chi connectivity index (χ2n) is 5.29. The standard InChI is InChI=1S/C15H17N3OS/c1-8-3-4-11(7-9(8)2)12-13(16)20-15(17-12)18-14(19)10-5-6-10/h3-4,7,10H,5-6,16H2,1-2H3,(H,17,18,19). The van der Waals surface area contributed by atoms with Gasteiger partial charge in [-0.15, -0.1) is 0 Å². The van der Waals surface area contributed by atoms with Gasteiger partial charge in [-0.2, -0.15) is 0 Å². The summed E-state index contributed by atoms with van der Waals surface area (Å²) in [6.07, 6.45) is 1.97. The van der Waals surface area contributed by atoms with E-state index in [4.69, 9.17) is 5.73 Å². The zero-order valence-corrected chi connectivity index (χ0v) is 12.4. The third-order valence-electron chi connectivity index (χ3n) is 3.61. The van der Waals surface area contributed by atoms with Gasteiger partial charge >= 0.3 is 0 Å². The quantitative estimate of drug-likeness (QED) is 0.909. The largest absolute Gasteiger partial charge is 0.389 e. The van der Waals surface area contributed by atoms with Crippen LogP contribution in [0.3, 0.4) is 0 Å². The van der Waals surface area contributed by atoms with E-state index >= 15 is 0 Å². The van der Waals surface area contributed by atoms with Crippen molar-refractivity contribution in [2.45, 2.75) is 26.7 Å². The van der Waals surface area contributed by atoms with E-state index in [1.807, 2.05) is 6.07 Å². The minimum absolute atomic E-state index is 0.0605. The van der Waals surface area contributed by atoms with Crippen LogP contribution in [0.15, 0.2) is 18.2 Å². The number of hydrogen-bond acceptors (Lipinski definition) is 4. The van der Waals surface area contributed by atoms with E-state index in [1.165, 1.54) is 22.5 Å². The lowest BCUT2D eigenvalue weighted by Crippen LogP contribution is -2.12. The highest BCUT2D eigenvalue weighted by Gasteiger charge is 2.30. The number of rotatable bonds is 3. The maximum Gasteiger partial charge on any atom is 0.229 e. The normalized spacial score (nSPS) is 14.3. The molecule has 0 spiro atoms.